The Morgan fingerprint density at radius 3 is 3.00 bits per heavy atom. The van der Waals surface area contributed by atoms with E-state index in [2.05, 4.69) is 33.7 Å². The molecule has 3 nitrogen and oxygen atoms in total. The zero-order valence-corrected chi connectivity index (χ0v) is 12.5. The molecule has 3 aliphatic heterocycles. The molecule has 21 heavy (non-hydrogen) atoms. The quantitative estimate of drug-likeness (QED) is 0.805. The van der Waals surface area contributed by atoms with Crippen LogP contribution in [0.25, 0.3) is 10.9 Å². The maximum atomic E-state index is 11.1. The van der Waals surface area contributed by atoms with E-state index in [-0.39, 0.29) is 0 Å². The Labute approximate surface area is 125 Å². The van der Waals surface area contributed by atoms with Crippen molar-refractivity contribution in [3.8, 4) is 0 Å². The van der Waals surface area contributed by atoms with Crippen LogP contribution < -0.4 is 0 Å². The normalized spacial score (nSPS) is 35.0. The minimum absolute atomic E-state index is 0.391. The predicted octanol–water partition coefficient (Wildman–Crippen LogP) is 2.72. The minimum Gasteiger partial charge on any atom is -0.388 e. The number of hydrogen-bond donors (Lipinski definition) is 1. The lowest BCUT2D eigenvalue weighted by Gasteiger charge is -2.53. The van der Waals surface area contributed by atoms with Crippen LogP contribution in [0.1, 0.15) is 37.1 Å². The molecule has 3 aliphatic rings. The molecule has 2 aromatic rings. The second-order valence-corrected chi connectivity index (χ2v) is 7.30. The highest BCUT2D eigenvalue weighted by atomic mass is 16.3. The molecule has 1 aromatic heterocycles. The molecule has 4 heterocycles. The van der Waals surface area contributed by atoms with Gasteiger partial charge in [0.25, 0.3) is 0 Å². The first-order chi connectivity index (χ1) is 10.2. The fraction of sp³-hybridized carbons (Fsp3) is 0.556. The summed E-state index contributed by atoms with van der Waals surface area (Å²) in [6, 6.07) is 9.18. The number of aliphatic hydroxyl groups is 1. The maximum absolute atomic E-state index is 11.1. The van der Waals surface area contributed by atoms with Crippen molar-refractivity contribution >= 4 is 10.9 Å². The van der Waals surface area contributed by atoms with E-state index in [1.807, 2.05) is 6.92 Å². The summed E-state index contributed by atoms with van der Waals surface area (Å²) in [5, 5.41) is 12.5. The van der Waals surface area contributed by atoms with Gasteiger partial charge in [-0.3, -0.25) is 4.90 Å². The van der Waals surface area contributed by atoms with Crippen molar-refractivity contribution in [2.45, 2.75) is 44.4 Å². The Bertz CT molecular complexity index is 730. The zero-order chi connectivity index (χ0) is 14.2. The Morgan fingerprint density at radius 1 is 1.24 bits per heavy atom. The van der Waals surface area contributed by atoms with Crippen LogP contribution in [0.3, 0.4) is 0 Å². The summed E-state index contributed by atoms with van der Waals surface area (Å²) in [7, 11) is 0. The molecule has 110 valence electrons. The monoisotopic (exact) mass is 282 g/mol. The summed E-state index contributed by atoms with van der Waals surface area (Å²) in [6.07, 6.45) is 3.55. The molecule has 3 atom stereocenters. The van der Waals surface area contributed by atoms with Crippen LogP contribution in [-0.2, 0) is 13.0 Å². The third kappa shape index (κ3) is 1.46. The van der Waals surface area contributed by atoms with E-state index < -0.39 is 5.60 Å². The molecule has 1 saturated heterocycles. The predicted molar refractivity (Wildman–Crippen MR) is 83.3 cm³/mol. The standard InChI is InChI=1S/C18H22N2O/c1-18(21)11-20-15-7-3-2-5-12(15)13-8-10-19-9-4-6-14(18)17(19)16(13)20/h2-3,5,7,14,17,21H,4,6,8-11H2,1H3/t14-,17-,18?/m1/s1. The SMILES string of the molecule is CC1(O)Cn2c3c(c4ccccc42)CCN2CCC[C@@H]1[C@H]32. The Morgan fingerprint density at radius 2 is 2.10 bits per heavy atom. The van der Waals surface area contributed by atoms with Crippen LogP contribution in [0, 0.1) is 5.92 Å². The van der Waals surface area contributed by atoms with Crippen molar-refractivity contribution in [3.05, 3.63) is 35.5 Å². The van der Waals surface area contributed by atoms with Gasteiger partial charge in [-0.25, -0.2) is 0 Å². The summed E-state index contributed by atoms with van der Waals surface area (Å²) in [6.45, 7) is 5.14. The van der Waals surface area contributed by atoms with Gasteiger partial charge < -0.3 is 9.67 Å². The third-order valence-electron chi connectivity index (χ3n) is 6.06. The van der Waals surface area contributed by atoms with Crippen LogP contribution in [0.15, 0.2) is 24.3 Å². The lowest BCUT2D eigenvalue weighted by atomic mass is 9.71. The van der Waals surface area contributed by atoms with Gasteiger partial charge >= 0.3 is 0 Å². The van der Waals surface area contributed by atoms with Gasteiger partial charge in [0, 0.05) is 29.1 Å². The fourth-order valence-electron chi connectivity index (χ4n) is 5.19. The number of hydrogen-bond acceptors (Lipinski definition) is 2. The summed E-state index contributed by atoms with van der Waals surface area (Å²) in [4.78, 5) is 2.62. The van der Waals surface area contributed by atoms with Crippen LogP contribution >= 0.6 is 0 Å². The van der Waals surface area contributed by atoms with Crippen LogP contribution in [0.2, 0.25) is 0 Å². The van der Waals surface area contributed by atoms with E-state index in [0.717, 1.165) is 25.9 Å². The van der Waals surface area contributed by atoms with Crippen LogP contribution in [0.5, 0.6) is 0 Å². The zero-order valence-electron chi connectivity index (χ0n) is 12.5. The van der Waals surface area contributed by atoms with E-state index in [9.17, 15) is 5.11 Å². The lowest BCUT2D eigenvalue weighted by Crippen LogP contribution is -2.56. The molecule has 0 aliphatic carbocycles. The third-order valence-corrected chi connectivity index (χ3v) is 6.06. The Balaban J connectivity index is 1.85. The Hall–Kier alpha value is -1.32. The van der Waals surface area contributed by atoms with E-state index >= 15 is 0 Å². The van der Waals surface area contributed by atoms with Crippen LogP contribution in [0.4, 0.5) is 0 Å². The van der Waals surface area contributed by atoms with Crippen molar-refractivity contribution < 1.29 is 5.11 Å². The average Bonchev–Trinajstić information content (AvgIpc) is 2.81. The van der Waals surface area contributed by atoms with Gasteiger partial charge in [-0.05, 0) is 44.4 Å². The highest BCUT2D eigenvalue weighted by Gasteiger charge is 2.50. The van der Waals surface area contributed by atoms with E-state index in [4.69, 9.17) is 0 Å². The lowest BCUT2D eigenvalue weighted by molar-refractivity contribution is -0.0953. The van der Waals surface area contributed by atoms with Crippen molar-refractivity contribution in [1.29, 1.82) is 0 Å². The highest BCUT2D eigenvalue weighted by molar-refractivity contribution is 5.86. The Kier molecular flexibility index (Phi) is 2.28. The van der Waals surface area contributed by atoms with Gasteiger partial charge in [0.05, 0.1) is 18.2 Å². The molecule has 3 heteroatoms. The van der Waals surface area contributed by atoms with Crippen molar-refractivity contribution in [2.24, 2.45) is 5.92 Å². The van der Waals surface area contributed by atoms with E-state index in [0.29, 0.717) is 12.0 Å². The second kappa shape index (κ2) is 3.90. The number of aromatic nitrogens is 1. The first kappa shape index (κ1) is 12.2. The van der Waals surface area contributed by atoms with Crippen molar-refractivity contribution in [2.75, 3.05) is 13.1 Å². The van der Waals surface area contributed by atoms with Gasteiger partial charge in [-0.1, -0.05) is 18.2 Å². The van der Waals surface area contributed by atoms with Gasteiger partial charge in [0.15, 0.2) is 0 Å². The van der Waals surface area contributed by atoms with Crippen molar-refractivity contribution in [3.63, 3.8) is 0 Å². The topological polar surface area (TPSA) is 28.4 Å². The second-order valence-electron chi connectivity index (χ2n) is 7.30. The maximum Gasteiger partial charge on any atom is 0.0844 e. The molecule has 5 rings (SSSR count). The number of benzene rings is 1. The van der Waals surface area contributed by atoms with Gasteiger partial charge in [0.1, 0.15) is 0 Å². The molecular formula is C18H22N2O. The number of rotatable bonds is 0. The number of fused-ring (bicyclic) bond motifs is 3. The summed E-state index contributed by atoms with van der Waals surface area (Å²) in [5.74, 6) is 0.391. The highest BCUT2D eigenvalue weighted by Crippen LogP contribution is 2.51. The van der Waals surface area contributed by atoms with Gasteiger partial charge in [0.2, 0.25) is 0 Å². The molecule has 1 unspecified atom stereocenters. The van der Waals surface area contributed by atoms with E-state index in [1.165, 1.54) is 29.6 Å². The molecule has 1 aromatic carbocycles. The smallest absolute Gasteiger partial charge is 0.0844 e. The fourth-order valence-corrected chi connectivity index (χ4v) is 5.19. The molecule has 1 fully saturated rings. The molecule has 0 saturated carbocycles. The summed E-state index contributed by atoms with van der Waals surface area (Å²) in [5.41, 5.74) is 3.79. The molecule has 0 bridgehead atoms. The molecule has 0 amide bonds. The molecule has 1 N–H and O–H groups in total. The molecule has 0 radical (unpaired) electrons. The number of para-hydroxylation sites is 1. The first-order valence-corrected chi connectivity index (χ1v) is 8.23. The number of nitrogens with zero attached hydrogens (tertiary/aromatic N) is 2. The average molecular weight is 282 g/mol. The van der Waals surface area contributed by atoms with E-state index in [1.54, 1.807) is 5.56 Å². The first-order valence-electron chi connectivity index (χ1n) is 8.23. The van der Waals surface area contributed by atoms with Gasteiger partial charge in [-0.2, -0.15) is 0 Å². The van der Waals surface area contributed by atoms with Crippen LogP contribution in [-0.4, -0.2) is 33.3 Å². The van der Waals surface area contributed by atoms with Crippen molar-refractivity contribution in [1.82, 2.24) is 9.47 Å². The summed E-state index contributed by atoms with van der Waals surface area (Å²) < 4.78 is 2.42. The molecular weight excluding hydrogens is 260 g/mol. The molecule has 0 spiro atoms. The summed E-state index contributed by atoms with van der Waals surface area (Å²) >= 11 is 0. The number of piperidine rings is 1. The largest absolute Gasteiger partial charge is 0.388 e. The van der Waals surface area contributed by atoms with Gasteiger partial charge in [-0.15, -0.1) is 0 Å². The minimum atomic E-state index is -0.591.